The summed E-state index contributed by atoms with van der Waals surface area (Å²) in [6.45, 7) is 2.88. The number of carbonyl (C=O) groups is 1. The van der Waals surface area contributed by atoms with E-state index in [0.29, 0.717) is 37.2 Å². The van der Waals surface area contributed by atoms with Gasteiger partial charge in [0.15, 0.2) is 0 Å². The molecule has 6 nitrogen and oxygen atoms in total. The number of hydrogen-bond acceptors (Lipinski definition) is 5. The second kappa shape index (κ2) is 10.6. The molecule has 0 radical (unpaired) electrons. The molecule has 1 atom stereocenters. The molecule has 204 valence electrons. The molecular weight excluding hydrogens is 502 g/mol. The third kappa shape index (κ3) is 6.46. The molecule has 0 spiro atoms. The largest absolute Gasteiger partial charge is 0.433 e. The Morgan fingerprint density at radius 3 is 2.35 bits per heavy atom. The molecule has 2 aromatic rings. The normalized spacial score (nSPS) is 22.5. The first-order valence-electron chi connectivity index (χ1n) is 12.4. The van der Waals surface area contributed by atoms with E-state index >= 15 is 0 Å². The van der Waals surface area contributed by atoms with Crippen molar-refractivity contribution in [3.63, 3.8) is 0 Å². The lowest BCUT2D eigenvalue weighted by atomic mass is 9.80. The van der Waals surface area contributed by atoms with Crippen molar-refractivity contribution in [1.29, 1.82) is 0 Å². The highest BCUT2D eigenvalue weighted by atomic mass is 19.4. The maximum absolute atomic E-state index is 13.3. The Morgan fingerprint density at radius 2 is 1.76 bits per heavy atom. The van der Waals surface area contributed by atoms with Gasteiger partial charge in [-0.05, 0) is 62.3 Å². The quantitative estimate of drug-likeness (QED) is 0.446. The second-order valence-electron chi connectivity index (χ2n) is 9.90. The number of pyridine rings is 1. The van der Waals surface area contributed by atoms with Gasteiger partial charge in [0, 0.05) is 30.2 Å². The lowest BCUT2D eigenvalue weighted by Gasteiger charge is -2.47. The number of fused-ring (bicyclic) bond motifs is 1. The molecule has 1 saturated carbocycles. The van der Waals surface area contributed by atoms with Crippen molar-refractivity contribution in [1.82, 2.24) is 15.2 Å². The fourth-order valence-electron chi connectivity index (χ4n) is 5.23. The number of nitrogens with one attached hydrogen (secondary N) is 2. The molecule has 2 aliphatic rings. The first-order chi connectivity index (χ1) is 17.3. The van der Waals surface area contributed by atoms with Gasteiger partial charge in [0.05, 0.1) is 29.8 Å². The zero-order valence-electron chi connectivity index (χ0n) is 20.3. The molecule has 1 aromatic carbocycles. The highest BCUT2D eigenvalue weighted by molar-refractivity contribution is 5.94. The summed E-state index contributed by atoms with van der Waals surface area (Å²) in [5.74, 6) is -0.136. The first kappa shape index (κ1) is 27.4. The van der Waals surface area contributed by atoms with E-state index in [0.717, 1.165) is 44.2 Å². The van der Waals surface area contributed by atoms with E-state index in [9.17, 15) is 36.2 Å². The summed E-state index contributed by atoms with van der Waals surface area (Å²) in [5.41, 5.74) is -2.80. The Bertz CT molecular complexity index is 1110. The van der Waals surface area contributed by atoms with Crippen LogP contribution in [-0.2, 0) is 17.1 Å². The number of anilines is 1. The molecule has 3 N–H and O–H groups in total. The van der Waals surface area contributed by atoms with Crippen molar-refractivity contribution in [3.8, 4) is 0 Å². The molecule has 1 aliphatic carbocycles. The summed E-state index contributed by atoms with van der Waals surface area (Å²) in [6, 6.07) is 3.20. The number of aliphatic hydroxyl groups is 1. The van der Waals surface area contributed by atoms with Crippen LogP contribution in [0.15, 0.2) is 24.3 Å². The number of hydrogen-bond donors (Lipinski definition) is 3. The molecule has 4 rings (SSSR count). The molecule has 1 aliphatic heterocycles. The fourth-order valence-corrected chi connectivity index (χ4v) is 5.23. The summed E-state index contributed by atoms with van der Waals surface area (Å²) in [6.07, 6.45) is -5.10. The van der Waals surface area contributed by atoms with E-state index in [1.807, 2.05) is 6.92 Å². The number of halogens is 6. The maximum atomic E-state index is 13.3. The highest BCUT2D eigenvalue weighted by Gasteiger charge is 2.37. The van der Waals surface area contributed by atoms with Crippen molar-refractivity contribution in [3.05, 3.63) is 35.5 Å². The van der Waals surface area contributed by atoms with Crippen LogP contribution in [0.2, 0.25) is 0 Å². The monoisotopic (exact) mass is 532 g/mol. The topological polar surface area (TPSA) is 77.5 Å². The van der Waals surface area contributed by atoms with Crippen molar-refractivity contribution in [2.75, 3.05) is 25.0 Å². The SMILES string of the molecule is CCC(O)[C@H]1CC[C@@H](N2CC(NC(=O)CNc3cc(C(F)(F)F)nc4ccc(C(F)(F)F)cc34)C2)CC1. The van der Waals surface area contributed by atoms with E-state index in [1.54, 1.807) is 0 Å². The minimum absolute atomic E-state index is 0.106. The standard InChI is InChI=1S/C25H30F6N4O2/c1-2-21(36)14-3-6-17(7-4-14)35-12-16(13-35)33-23(37)11-32-20-10-22(25(29,30)31)34-19-8-5-15(9-18(19)20)24(26,27)28/h5,8-10,14,16-17,21,36H,2-4,6-7,11-13H2,1H3,(H,32,34)(H,33,37)/t14-,17+,21?. The number of benzene rings is 1. The third-order valence-electron chi connectivity index (χ3n) is 7.36. The number of aliphatic hydroxyl groups excluding tert-OH is 1. The van der Waals surface area contributed by atoms with Crippen LogP contribution in [0.25, 0.3) is 10.9 Å². The van der Waals surface area contributed by atoms with Gasteiger partial charge in [-0.1, -0.05) is 6.92 Å². The molecule has 37 heavy (non-hydrogen) atoms. The summed E-state index contributed by atoms with van der Waals surface area (Å²) in [4.78, 5) is 18.2. The minimum Gasteiger partial charge on any atom is -0.393 e. The zero-order chi connectivity index (χ0) is 27.0. The predicted molar refractivity (Wildman–Crippen MR) is 126 cm³/mol. The van der Waals surface area contributed by atoms with Crippen LogP contribution < -0.4 is 10.6 Å². The number of alkyl halides is 6. The molecule has 1 aromatic heterocycles. The molecule has 1 amide bonds. The van der Waals surface area contributed by atoms with Gasteiger partial charge in [-0.3, -0.25) is 9.69 Å². The number of amides is 1. The predicted octanol–water partition coefficient (Wildman–Crippen LogP) is 4.81. The number of likely N-dealkylation sites (tertiary alicyclic amines) is 1. The molecule has 2 fully saturated rings. The summed E-state index contributed by atoms with van der Waals surface area (Å²) in [5, 5.41) is 15.3. The Hall–Kier alpha value is -2.60. The molecule has 0 bridgehead atoms. The van der Waals surface area contributed by atoms with Crippen LogP contribution in [0.5, 0.6) is 0 Å². The van der Waals surface area contributed by atoms with Gasteiger partial charge in [-0.25, -0.2) is 4.98 Å². The Morgan fingerprint density at radius 1 is 1.08 bits per heavy atom. The van der Waals surface area contributed by atoms with Crippen LogP contribution in [0.1, 0.15) is 50.3 Å². The molecule has 1 unspecified atom stereocenters. The van der Waals surface area contributed by atoms with Gasteiger partial charge in [-0.2, -0.15) is 26.3 Å². The fraction of sp³-hybridized carbons (Fsp3) is 0.600. The lowest BCUT2D eigenvalue weighted by Crippen LogP contribution is -2.63. The third-order valence-corrected chi connectivity index (χ3v) is 7.36. The van der Waals surface area contributed by atoms with Crippen molar-refractivity contribution in [2.45, 2.75) is 69.6 Å². The molecule has 2 heterocycles. The van der Waals surface area contributed by atoms with Gasteiger partial charge >= 0.3 is 12.4 Å². The average Bonchev–Trinajstić information content (AvgIpc) is 2.82. The summed E-state index contributed by atoms with van der Waals surface area (Å²) < 4.78 is 79.3. The van der Waals surface area contributed by atoms with Gasteiger partial charge in [-0.15, -0.1) is 0 Å². The van der Waals surface area contributed by atoms with E-state index in [2.05, 4.69) is 20.5 Å². The van der Waals surface area contributed by atoms with Gasteiger partial charge < -0.3 is 15.7 Å². The Balaban J connectivity index is 1.35. The van der Waals surface area contributed by atoms with E-state index in [4.69, 9.17) is 0 Å². The van der Waals surface area contributed by atoms with E-state index < -0.39 is 36.1 Å². The van der Waals surface area contributed by atoms with Gasteiger partial charge in [0.25, 0.3) is 0 Å². The Labute approximate surface area is 210 Å². The zero-order valence-corrected chi connectivity index (χ0v) is 20.3. The summed E-state index contributed by atoms with van der Waals surface area (Å²) >= 11 is 0. The lowest BCUT2D eigenvalue weighted by molar-refractivity contribution is -0.141. The number of nitrogens with zero attached hydrogens (tertiary/aromatic N) is 2. The van der Waals surface area contributed by atoms with Crippen LogP contribution in [0.4, 0.5) is 32.0 Å². The molecular formula is C25H30F6N4O2. The smallest absolute Gasteiger partial charge is 0.393 e. The molecule has 12 heteroatoms. The molecule has 1 saturated heterocycles. The first-order valence-corrected chi connectivity index (χ1v) is 12.4. The number of carbonyl (C=O) groups excluding carboxylic acids is 1. The van der Waals surface area contributed by atoms with Crippen LogP contribution >= 0.6 is 0 Å². The minimum atomic E-state index is -4.81. The maximum Gasteiger partial charge on any atom is 0.433 e. The Kier molecular flexibility index (Phi) is 7.89. The van der Waals surface area contributed by atoms with Crippen LogP contribution in [0.3, 0.4) is 0 Å². The van der Waals surface area contributed by atoms with Crippen LogP contribution in [-0.4, -0.2) is 58.7 Å². The average molecular weight is 533 g/mol. The van der Waals surface area contributed by atoms with Crippen molar-refractivity contribution >= 4 is 22.5 Å². The van der Waals surface area contributed by atoms with Crippen molar-refractivity contribution < 1.29 is 36.2 Å². The van der Waals surface area contributed by atoms with Gasteiger partial charge in [0.2, 0.25) is 5.91 Å². The second-order valence-corrected chi connectivity index (χ2v) is 9.90. The summed E-state index contributed by atoms with van der Waals surface area (Å²) in [7, 11) is 0. The number of aromatic nitrogens is 1. The van der Waals surface area contributed by atoms with Crippen molar-refractivity contribution in [2.24, 2.45) is 5.92 Å². The highest BCUT2D eigenvalue weighted by Crippen LogP contribution is 2.37. The van der Waals surface area contributed by atoms with Crippen LogP contribution in [0, 0.1) is 5.92 Å². The number of rotatable bonds is 7. The van der Waals surface area contributed by atoms with E-state index in [1.165, 1.54) is 0 Å². The van der Waals surface area contributed by atoms with Gasteiger partial charge in [0.1, 0.15) is 5.69 Å². The van der Waals surface area contributed by atoms with E-state index in [-0.39, 0.29) is 28.7 Å².